The van der Waals surface area contributed by atoms with Gasteiger partial charge in [-0.05, 0) is 12.1 Å². The first-order chi connectivity index (χ1) is 8.49. The Morgan fingerprint density at radius 2 is 2.17 bits per heavy atom. The van der Waals surface area contributed by atoms with Crippen LogP contribution in [0.15, 0.2) is 18.3 Å². The van der Waals surface area contributed by atoms with Crippen molar-refractivity contribution in [3.63, 3.8) is 0 Å². The van der Waals surface area contributed by atoms with Crippen LogP contribution in [-0.2, 0) is 16.0 Å². The number of aliphatic carboxylic acids is 1. The van der Waals surface area contributed by atoms with Gasteiger partial charge in [-0.2, -0.15) is 0 Å². The Labute approximate surface area is 104 Å². The fourth-order valence-electron chi connectivity index (χ4n) is 1.24. The Bertz CT molecular complexity index is 419. The number of nitrogens with one attached hydrogen (secondary N) is 1. The van der Waals surface area contributed by atoms with E-state index in [0.29, 0.717) is 11.4 Å². The van der Waals surface area contributed by atoms with Crippen LogP contribution in [0.5, 0.6) is 0 Å². The summed E-state index contributed by atoms with van der Waals surface area (Å²) in [4.78, 5) is 25.7. The van der Waals surface area contributed by atoms with Crippen molar-refractivity contribution in [1.82, 2.24) is 10.3 Å². The lowest BCUT2D eigenvalue weighted by atomic mass is 10.2. The van der Waals surface area contributed by atoms with E-state index in [-0.39, 0.29) is 25.3 Å². The molecule has 0 aliphatic rings. The molecule has 0 saturated carbocycles. The minimum atomic E-state index is -1.46. The van der Waals surface area contributed by atoms with Gasteiger partial charge in [0.2, 0.25) is 5.91 Å². The Kier molecular flexibility index (Phi) is 5.06. The summed E-state index contributed by atoms with van der Waals surface area (Å²) in [7, 11) is 0. The summed E-state index contributed by atoms with van der Waals surface area (Å²) in [6.45, 7) is 0.0985. The molecule has 0 fully saturated rings. The molecule has 1 heterocycles. The third-order valence-electron chi connectivity index (χ3n) is 2.21. The second-order valence-electron chi connectivity index (χ2n) is 3.75. The molecule has 0 aromatic carbocycles. The number of carbonyl (C=O) groups is 2. The Hall–Kier alpha value is -2.15. The summed E-state index contributed by atoms with van der Waals surface area (Å²) in [5.41, 5.74) is 6.54. The predicted molar refractivity (Wildman–Crippen MR) is 63.6 cm³/mol. The lowest BCUT2D eigenvalue weighted by Crippen LogP contribution is -2.31. The molecule has 7 nitrogen and oxygen atoms in total. The van der Waals surface area contributed by atoms with Gasteiger partial charge in [-0.1, -0.05) is 0 Å². The third-order valence-corrected chi connectivity index (χ3v) is 2.21. The van der Waals surface area contributed by atoms with Gasteiger partial charge < -0.3 is 21.3 Å². The number of pyridine rings is 1. The van der Waals surface area contributed by atoms with Gasteiger partial charge in [0.15, 0.2) is 6.10 Å². The van der Waals surface area contributed by atoms with Crippen LogP contribution in [0.2, 0.25) is 0 Å². The lowest BCUT2D eigenvalue weighted by molar-refractivity contribution is -0.147. The van der Waals surface area contributed by atoms with Gasteiger partial charge in [0.25, 0.3) is 0 Å². The number of carbonyl (C=O) groups excluding carboxylic acids is 1. The molecule has 0 saturated heterocycles. The molecule has 0 bridgehead atoms. The van der Waals surface area contributed by atoms with Crippen molar-refractivity contribution >= 4 is 17.6 Å². The molecule has 0 radical (unpaired) electrons. The number of nitrogens with zero attached hydrogens (tertiary/aromatic N) is 1. The van der Waals surface area contributed by atoms with E-state index in [9.17, 15) is 9.59 Å². The monoisotopic (exact) mass is 253 g/mol. The van der Waals surface area contributed by atoms with E-state index in [1.807, 2.05) is 0 Å². The third kappa shape index (κ3) is 4.79. The van der Waals surface area contributed by atoms with Gasteiger partial charge in [0.1, 0.15) is 0 Å². The van der Waals surface area contributed by atoms with Crippen molar-refractivity contribution < 1.29 is 19.8 Å². The van der Waals surface area contributed by atoms with Crippen molar-refractivity contribution in [2.24, 2.45) is 0 Å². The number of hydrogen-bond acceptors (Lipinski definition) is 5. The quantitative estimate of drug-likeness (QED) is 0.523. The lowest BCUT2D eigenvalue weighted by Gasteiger charge is -2.07. The number of aliphatic hydroxyl groups excluding tert-OH is 1. The van der Waals surface area contributed by atoms with Crippen LogP contribution in [0.25, 0.3) is 0 Å². The largest absolute Gasteiger partial charge is 0.479 e. The van der Waals surface area contributed by atoms with Crippen LogP contribution in [0.1, 0.15) is 12.1 Å². The van der Waals surface area contributed by atoms with Gasteiger partial charge in [-0.25, -0.2) is 4.79 Å². The minimum absolute atomic E-state index is 0.0315. The standard InChI is InChI=1S/C11H15N3O4/c12-7-1-2-8(14-6-7)5-10(16)13-4-3-9(15)11(17)18/h1-2,6,9,15H,3-5,12H2,(H,13,16)(H,17,18)/t9-/m0/s1. The molecule has 0 aliphatic carbocycles. The zero-order chi connectivity index (χ0) is 13.5. The van der Waals surface area contributed by atoms with Gasteiger partial charge in [-0.3, -0.25) is 9.78 Å². The molecule has 7 heteroatoms. The van der Waals surface area contributed by atoms with Crippen molar-refractivity contribution in [2.45, 2.75) is 18.9 Å². The molecular formula is C11H15N3O4. The summed E-state index contributed by atoms with van der Waals surface area (Å²) >= 11 is 0. The van der Waals surface area contributed by atoms with E-state index in [2.05, 4.69) is 10.3 Å². The van der Waals surface area contributed by atoms with Crippen molar-refractivity contribution in [1.29, 1.82) is 0 Å². The average molecular weight is 253 g/mol. The summed E-state index contributed by atoms with van der Waals surface area (Å²) < 4.78 is 0. The van der Waals surface area contributed by atoms with Gasteiger partial charge in [0.05, 0.1) is 18.3 Å². The second kappa shape index (κ2) is 6.55. The SMILES string of the molecule is Nc1ccc(CC(=O)NCC[C@H](O)C(=O)O)nc1. The summed E-state index contributed by atoms with van der Waals surface area (Å²) in [6, 6.07) is 3.28. The van der Waals surface area contributed by atoms with Crippen LogP contribution in [0.4, 0.5) is 5.69 Å². The number of carboxylic acid groups (broad SMARTS) is 1. The number of rotatable bonds is 6. The minimum Gasteiger partial charge on any atom is -0.479 e. The molecule has 18 heavy (non-hydrogen) atoms. The molecule has 0 aliphatic heterocycles. The van der Waals surface area contributed by atoms with Crippen LogP contribution in [0.3, 0.4) is 0 Å². The number of nitrogens with two attached hydrogens (primary N) is 1. The molecule has 1 amide bonds. The first kappa shape index (κ1) is 13.9. The number of amides is 1. The van der Waals surface area contributed by atoms with Crippen molar-refractivity contribution in [3.8, 4) is 0 Å². The van der Waals surface area contributed by atoms with Crippen molar-refractivity contribution in [2.75, 3.05) is 12.3 Å². The Morgan fingerprint density at radius 3 is 2.72 bits per heavy atom. The van der Waals surface area contributed by atoms with Crippen LogP contribution in [-0.4, -0.2) is 39.7 Å². The van der Waals surface area contributed by atoms with Crippen LogP contribution >= 0.6 is 0 Å². The summed E-state index contributed by atoms with van der Waals surface area (Å²) in [5.74, 6) is -1.59. The number of anilines is 1. The van der Waals surface area contributed by atoms with Crippen molar-refractivity contribution in [3.05, 3.63) is 24.0 Å². The molecule has 1 aromatic heterocycles. The molecule has 1 aromatic rings. The maximum Gasteiger partial charge on any atom is 0.332 e. The van der Waals surface area contributed by atoms with E-state index >= 15 is 0 Å². The highest BCUT2D eigenvalue weighted by Crippen LogP contribution is 2.01. The average Bonchev–Trinajstić information content (AvgIpc) is 2.32. The Balaban J connectivity index is 2.30. The van der Waals surface area contributed by atoms with E-state index in [0.717, 1.165) is 0 Å². The molecule has 0 unspecified atom stereocenters. The topological polar surface area (TPSA) is 126 Å². The second-order valence-corrected chi connectivity index (χ2v) is 3.75. The highest BCUT2D eigenvalue weighted by atomic mass is 16.4. The number of nitrogen functional groups attached to an aromatic ring is 1. The van der Waals surface area contributed by atoms with E-state index in [1.54, 1.807) is 12.1 Å². The zero-order valence-electron chi connectivity index (χ0n) is 9.67. The van der Waals surface area contributed by atoms with Crippen LogP contribution < -0.4 is 11.1 Å². The fraction of sp³-hybridized carbons (Fsp3) is 0.364. The molecule has 1 atom stereocenters. The zero-order valence-corrected chi connectivity index (χ0v) is 9.67. The van der Waals surface area contributed by atoms with Crippen LogP contribution in [0, 0.1) is 0 Å². The summed E-state index contributed by atoms with van der Waals surface area (Å²) in [5, 5.41) is 19.9. The maximum atomic E-state index is 11.4. The maximum absolute atomic E-state index is 11.4. The van der Waals surface area contributed by atoms with E-state index in [4.69, 9.17) is 15.9 Å². The first-order valence-corrected chi connectivity index (χ1v) is 5.37. The highest BCUT2D eigenvalue weighted by molar-refractivity contribution is 5.78. The molecule has 1 rings (SSSR count). The molecule has 0 spiro atoms. The fourth-order valence-corrected chi connectivity index (χ4v) is 1.24. The highest BCUT2D eigenvalue weighted by Gasteiger charge is 2.13. The van der Waals surface area contributed by atoms with Gasteiger partial charge in [-0.15, -0.1) is 0 Å². The predicted octanol–water partition coefficient (Wildman–Crippen LogP) is -0.842. The number of carboxylic acids is 1. The number of hydrogen-bond donors (Lipinski definition) is 4. The number of aromatic nitrogens is 1. The number of aliphatic hydroxyl groups is 1. The van der Waals surface area contributed by atoms with Gasteiger partial charge in [0, 0.05) is 18.7 Å². The summed E-state index contributed by atoms with van der Waals surface area (Å²) in [6.07, 6.45) is 0.0520. The molecular weight excluding hydrogens is 238 g/mol. The smallest absolute Gasteiger partial charge is 0.332 e. The van der Waals surface area contributed by atoms with E-state index in [1.165, 1.54) is 6.20 Å². The van der Waals surface area contributed by atoms with Gasteiger partial charge >= 0.3 is 5.97 Å². The van der Waals surface area contributed by atoms with E-state index < -0.39 is 12.1 Å². The normalized spacial score (nSPS) is 11.8. The Morgan fingerprint density at radius 1 is 1.44 bits per heavy atom. The molecule has 5 N–H and O–H groups in total. The molecule has 98 valence electrons. The first-order valence-electron chi connectivity index (χ1n) is 5.37.